The van der Waals surface area contributed by atoms with E-state index in [4.69, 9.17) is 11.6 Å². The van der Waals surface area contributed by atoms with Crippen LogP contribution < -0.4 is 4.90 Å². The van der Waals surface area contributed by atoms with E-state index in [1.165, 1.54) is 38.6 Å². The summed E-state index contributed by atoms with van der Waals surface area (Å²) < 4.78 is 0. The van der Waals surface area contributed by atoms with Gasteiger partial charge in [-0.3, -0.25) is 0 Å². The maximum atomic E-state index is 7.25. The lowest BCUT2D eigenvalue weighted by Crippen LogP contribution is -2.14. The number of aromatic amines is 1. The highest BCUT2D eigenvalue weighted by atomic mass is 35.5. The predicted molar refractivity (Wildman–Crippen MR) is 220 cm³/mol. The molecule has 50 heavy (non-hydrogen) atoms. The van der Waals surface area contributed by atoms with Crippen molar-refractivity contribution in [3.8, 4) is 11.1 Å². The second-order valence-electron chi connectivity index (χ2n) is 18.4. The molecule has 0 saturated carbocycles. The minimum Gasteiger partial charge on any atom is -0.354 e. The highest BCUT2D eigenvalue weighted by Crippen LogP contribution is 2.45. The zero-order valence-corrected chi connectivity index (χ0v) is 33.2. The van der Waals surface area contributed by atoms with E-state index in [-0.39, 0.29) is 21.7 Å². The number of H-pyrrole nitrogens is 1. The van der Waals surface area contributed by atoms with E-state index < -0.39 is 0 Å². The molecule has 6 aromatic rings. The van der Waals surface area contributed by atoms with Crippen LogP contribution in [0, 0.1) is 6.92 Å². The molecule has 0 saturated heterocycles. The molecule has 5 aromatic carbocycles. The first kappa shape index (κ1) is 35.8. The molecule has 0 radical (unpaired) electrons. The van der Waals surface area contributed by atoms with Crippen LogP contribution in [0.5, 0.6) is 0 Å². The second kappa shape index (κ2) is 12.3. The van der Waals surface area contributed by atoms with Crippen molar-refractivity contribution >= 4 is 50.5 Å². The van der Waals surface area contributed by atoms with E-state index in [0.717, 1.165) is 44.2 Å². The lowest BCUT2D eigenvalue weighted by atomic mass is 9.83. The molecule has 0 aliphatic rings. The van der Waals surface area contributed by atoms with E-state index in [0.29, 0.717) is 0 Å². The number of hydrogen-bond donors (Lipinski definition) is 1. The monoisotopic (exact) mass is 682 g/mol. The molecule has 1 N–H and O–H groups in total. The van der Waals surface area contributed by atoms with Crippen LogP contribution in [0.4, 0.5) is 17.1 Å². The Kier molecular flexibility index (Phi) is 8.84. The molecule has 0 atom stereocenters. The predicted octanol–water partition coefficient (Wildman–Crippen LogP) is 14.6. The quantitative estimate of drug-likeness (QED) is 0.196. The first-order valence-corrected chi connectivity index (χ1v) is 18.4. The number of aromatic nitrogens is 1. The number of fused-ring (bicyclic) bond motifs is 3. The zero-order valence-electron chi connectivity index (χ0n) is 32.5. The van der Waals surface area contributed by atoms with Gasteiger partial charge >= 0.3 is 0 Å². The fourth-order valence-corrected chi connectivity index (χ4v) is 7.07. The van der Waals surface area contributed by atoms with Gasteiger partial charge in [-0.1, -0.05) is 125 Å². The van der Waals surface area contributed by atoms with Gasteiger partial charge in [0.15, 0.2) is 0 Å². The summed E-state index contributed by atoms with van der Waals surface area (Å²) in [6.07, 6.45) is 0. The van der Waals surface area contributed by atoms with Crippen molar-refractivity contribution in [3.63, 3.8) is 0 Å². The molecule has 3 heteroatoms. The Balaban J connectivity index is 1.62. The standard InChI is InChI=1S/C47H55ClN2/c1-29-37(39-25-33(47(11,12)13)26-40-38-24-32(46(8,9)10)18-23-42(38)49-43(39)40)27-36(28-41(29)48)50(34-19-14-30(15-20-34)44(2,3)4)35-21-16-31(17-22-35)45(5,6)7/h14-28,49H,1-13H3. The third-order valence-electron chi connectivity index (χ3n) is 10.3. The van der Waals surface area contributed by atoms with Gasteiger partial charge in [-0.15, -0.1) is 0 Å². The summed E-state index contributed by atoms with van der Waals surface area (Å²) in [6, 6.07) is 34.1. The minimum absolute atomic E-state index is 0.0425. The van der Waals surface area contributed by atoms with E-state index >= 15 is 0 Å². The molecule has 0 fully saturated rings. The van der Waals surface area contributed by atoms with E-state index in [1.54, 1.807) is 0 Å². The van der Waals surface area contributed by atoms with Crippen molar-refractivity contribution in [2.24, 2.45) is 0 Å². The average Bonchev–Trinajstić information content (AvgIpc) is 3.39. The molecule has 1 heterocycles. The van der Waals surface area contributed by atoms with Crippen LogP contribution in [-0.2, 0) is 21.7 Å². The lowest BCUT2D eigenvalue weighted by molar-refractivity contribution is 0.590. The molecule has 6 rings (SSSR count). The van der Waals surface area contributed by atoms with E-state index in [2.05, 4.69) is 191 Å². The molecule has 0 amide bonds. The summed E-state index contributed by atoms with van der Waals surface area (Å²) in [5, 5.41) is 3.27. The van der Waals surface area contributed by atoms with Crippen LogP contribution in [0.3, 0.4) is 0 Å². The van der Waals surface area contributed by atoms with Crippen molar-refractivity contribution in [1.82, 2.24) is 4.98 Å². The molecule has 0 unspecified atom stereocenters. The number of halogens is 1. The Morgan fingerprint density at radius 3 is 1.40 bits per heavy atom. The Morgan fingerprint density at radius 2 is 0.920 bits per heavy atom. The number of benzene rings is 5. The van der Waals surface area contributed by atoms with Gasteiger partial charge in [-0.2, -0.15) is 0 Å². The van der Waals surface area contributed by atoms with Crippen LogP contribution >= 0.6 is 11.6 Å². The topological polar surface area (TPSA) is 19.0 Å². The number of rotatable bonds is 4. The van der Waals surface area contributed by atoms with Gasteiger partial charge in [-0.05, 0) is 123 Å². The Morgan fingerprint density at radius 1 is 0.460 bits per heavy atom. The van der Waals surface area contributed by atoms with Gasteiger partial charge in [0.05, 0.1) is 5.52 Å². The van der Waals surface area contributed by atoms with E-state index in [9.17, 15) is 0 Å². The van der Waals surface area contributed by atoms with Crippen molar-refractivity contribution in [3.05, 3.63) is 124 Å². The van der Waals surface area contributed by atoms with Crippen LogP contribution in [0.25, 0.3) is 32.9 Å². The van der Waals surface area contributed by atoms with Crippen LogP contribution in [0.2, 0.25) is 5.02 Å². The fraction of sp³-hybridized carbons (Fsp3) is 0.362. The van der Waals surface area contributed by atoms with Crippen molar-refractivity contribution in [1.29, 1.82) is 0 Å². The number of hydrogen-bond acceptors (Lipinski definition) is 1. The Hall–Kier alpha value is -4.01. The summed E-state index contributed by atoms with van der Waals surface area (Å²) in [5.41, 5.74) is 14.3. The highest BCUT2D eigenvalue weighted by Gasteiger charge is 2.24. The third kappa shape index (κ3) is 6.84. The summed E-state index contributed by atoms with van der Waals surface area (Å²) in [6.45, 7) is 29.5. The maximum absolute atomic E-state index is 7.25. The normalized spacial score (nSPS) is 13.0. The van der Waals surface area contributed by atoms with Gasteiger partial charge in [-0.25, -0.2) is 0 Å². The van der Waals surface area contributed by atoms with Crippen molar-refractivity contribution in [2.75, 3.05) is 4.90 Å². The van der Waals surface area contributed by atoms with Gasteiger partial charge < -0.3 is 9.88 Å². The van der Waals surface area contributed by atoms with Gasteiger partial charge in [0.25, 0.3) is 0 Å². The molecular weight excluding hydrogens is 628 g/mol. The number of nitrogens with one attached hydrogen (secondary N) is 1. The van der Waals surface area contributed by atoms with E-state index in [1.807, 2.05) is 0 Å². The highest BCUT2D eigenvalue weighted by molar-refractivity contribution is 6.32. The lowest BCUT2D eigenvalue weighted by Gasteiger charge is -2.29. The van der Waals surface area contributed by atoms with Gasteiger partial charge in [0, 0.05) is 43.9 Å². The molecule has 0 aliphatic heterocycles. The molecular formula is C47H55ClN2. The first-order valence-electron chi connectivity index (χ1n) is 18.0. The smallest absolute Gasteiger partial charge is 0.0544 e. The number of anilines is 3. The zero-order chi connectivity index (χ0) is 36.6. The second-order valence-corrected chi connectivity index (χ2v) is 18.8. The summed E-state index contributed by atoms with van der Waals surface area (Å²) in [4.78, 5) is 6.19. The fourth-order valence-electron chi connectivity index (χ4n) is 6.85. The molecule has 260 valence electrons. The van der Waals surface area contributed by atoms with Gasteiger partial charge in [0.1, 0.15) is 0 Å². The van der Waals surface area contributed by atoms with Crippen LogP contribution in [0.15, 0.2) is 91.0 Å². The average molecular weight is 683 g/mol. The molecule has 0 bridgehead atoms. The third-order valence-corrected chi connectivity index (χ3v) is 10.7. The first-order chi connectivity index (χ1) is 23.1. The molecule has 1 aromatic heterocycles. The summed E-state index contributed by atoms with van der Waals surface area (Å²) in [7, 11) is 0. The number of nitrogens with zero attached hydrogens (tertiary/aromatic N) is 1. The summed E-state index contributed by atoms with van der Waals surface area (Å²) >= 11 is 7.25. The summed E-state index contributed by atoms with van der Waals surface area (Å²) in [5.74, 6) is 0. The van der Waals surface area contributed by atoms with Crippen LogP contribution in [-0.4, -0.2) is 4.98 Å². The van der Waals surface area contributed by atoms with Gasteiger partial charge in [0.2, 0.25) is 0 Å². The molecule has 0 aliphatic carbocycles. The molecule has 0 spiro atoms. The van der Waals surface area contributed by atoms with Crippen molar-refractivity contribution in [2.45, 2.75) is 112 Å². The van der Waals surface area contributed by atoms with Crippen LogP contribution in [0.1, 0.15) is 111 Å². The maximum Gasteiger partial charge on any atom is 0.0544 e. The SMILES string of the molecule is Cc1c(Cl)cc(N(c2ccc(C(C)(C)C)cc2)c2ccc(C(C)(C)C)cc2)cc1-c1cc(C(C)(C)C)cc2c1[nH]c1ccc(C(C)(C)C)cc12. The molecule has 2 nitrogen and oxygen atoms in total. The minimum atomic E-state index is -0.0425. The van der Waals surface area contributed by atoms with Crippen molar-refractivity contribution < 1.29 is 0 Å². The largest absolute Gasteiger partial charge is 0.354 e. The Labute approximate surface area is 305 Å². The Bertz CT molecular complexity index is 2130.